The van der Waals surface area contributed by atoms with E-state index in [1.165, 1.54) is 42.9 Å². The first-order chi connectivity index (χ1) is 19.5. The van der Waals surface area contributed by atoms with Crippen molar-refractivity contribution in [2.24, 2.45) is 0 Å². The minimum atomic E-state index is -0.711. The van der Waals surface area contributed by atoms with Crippen LogP contribution in [0.4, 0.5) is 26.0 Å². The number of halogens is 2. The molecule has 0 bridgehead atoms. The van der Waals surface area contributed by atoms with Crippen LogP contribution in [0.25, 0.3) is 22.2 Å². The summed E-state index contributed by atoms with van der Waals surface area (Å²) in [5, 5.41) is 6.56. The number of anilines is 3. The van der Waals surface area contributed by atoms with Gasteiger partial charge in [0.25, 0.3) is 0 Å². The smallest absolute Gasteiger partial charge is 0.247 e. The predicted octanol–water partition coefficient (Wildman–Crippen LogP) is 4.94. The van der Waals surface area contributed by atoms with Crippen molar-refractivity contribution in [2.45, 2.75) is 6.42 Å². The maximum Gasteiger partial charge on any atom is 0.247 e. The van der Waals surface area contributed by atoms with Gasteiger partial charge < -0.3 is 20.1 Å². The SMILES string of the molecule is C=CC(=O)Nc1cc2c(Nc3ccnc(-c4c(F)cccc4F)c3)ncnc2cc1OCCCN1CCOCC1. The van der Waals surface area contributed by atoms with Gasteiger partial charge in [0.05, 0.1) is 42.3 Å². The molecule has 2 N–H and O–H groups in total. The molecule has 5 rings (SSSR count). The summed E-state index contributed by atoms with van der Waals surface area (Å²) >= 11 is 0. The minimum absolute atomic E-state index is 0.130. The van der Waals surface area contributed by atoms with Crippen LogP contribution in [0.5, 0.6) is 5.75 Å². The first kappa shape index (κ1) is 27.1. The number of fused-ring (bicyclic) bond motifs is 1. The van der Waals surface area contributed by atoms with E-state index in [1.807, 2.05) is 0 Å². The summed E-state index contributed by atoms with van der Waals surface area (Å²) in [5.41, 5.74) is 1.43. The molecule has 1 saturated heterocycles. The molecule has 9 nitrogen and oxygen atoms in total. The summed E-state index contributed by atoms with van der Waals surface area (Å²) in [4.78, 5) is 27.4. The fourth-order valence-electron chi connectivity index (χ4n) is 4.40. The van der Waals surface area contributed by atoms with Gasteiger partial charge in [-0.05, 0) is 42.8 Å². The molecule has 3 heterocycles. The molecular formula is C29H28F2N6O3. The normalized spacial score (nSPS) is 13.7. The van der Waals surface area contributed by atoms with E-state index in [1.54, 1.807) is 18.2 Å². The largest absolute Gasteiger partial charge is 0.491 e. The molecule has 1 aliphatic heterocycles. The zero-order valence-corrected chi connectivity index (χ0v) is 21.7. The molecule has 1 aliphatic rings. The third-order valence-corrected chi connectivity index (χ3v) is 6.40. The molecule has 4 aromatic rings. The lowest BCUT2D eigenvalue weighted by Gasteiger charge is -2.26. The number of carbonyl (C=O) groups is 1. The number of morpholine rings is 1. The maximum atomic E-state index is 14.3. The Balaban J connectivity index is 1.40. The van der Waals surface area contributed by atoms with Crippen molar-refractivity contribution in [3.05, 3.63) is 79.3 Å². The molecule has 0 atom stereocenters. The van der Waals surface area contributed by atoms with Crippen molar-refractivity contribution in [1.82, 2.24) is 19.9 Å². The van der Waals surface area contributed by atoms with Gasteiger partial charge in [-0.25, -0.2) is 18.7 Å². The highest BCUT2D eigenvalue weighted by Crippen LogP contribution is 2.34. The van der Waals surface area contributed by atoms with Crippen LogP contribution in [0.15, 0.2) is 67.6 Å². The highest BCUT2D eigenvalue weighted by molar-refractivity contribution is 6.03. The highest BCUT2D eigenvalue weighted by atomic mass is 19.1. The first-order valence-electron chi connectivity index (χ1n) is 12.8. The van der Waals surface area contributed by atoms with Gasteiger partial charge in [0.15, 0.2) is 0 Å². The highest BCUT2D eigenvalue weighted by Gasteiger charge is 2.16. The number of nitrogens with one attached hydrogen (secondary N) is 2. The van der Waals surface area contributed by atoms with E-state index in [0.29, 0.717) is 40.5 Å². The molecule has 2 aromatic carbocycles. The number of hydrogen-bond donors (Lipinski definition) is 2. The van der Waals surface area contributed by atoms with Crippen LogP contribution in [0, 0.1) is 11.6 Å². The van der Waals surface area contributed by atoms with Crippen molar-refractivity contribution in [2.75, 3.05) is 50.1 Å². The van der Waals surface area contributed by atoms with Crippen LogP contribution in [-0.4, -0.2) is 65.2 Å². The Morgan fingerprint density at radius 1 is 1.10 bits per heavy atom. The van der Waals surface area contributed by atoms with Crippen molar-refractivity contribution >= 4 is 34.0 Å². The fraction of sp³-hybridized carbons (Fsp3) is 0.241. The van der Waals surface area contributed by atoms with Crippen LogP contribution in [-0.2, 0) is 9.53 Å². The van der Waals surface area contributed by atoms with Gasteiger partial charge in [0, 0.05) is 43.0 Å². The van der Waals surface area contributed by atoms with Crippen molar-refractivity contribution in [1.29, 1.82) is 0 Å². The molecule has 0 saturated carbocycles. The molecule has 2 aromatic heterocycles. The molecule has 11 heteroatoms. The number of amides is 1. The Kier molecular flexibility index (Phi) is 8.53. The van der Waals surface area contributed by atoms with E-state index in [4.69, 9.17) is 9.47 Å². The number of carbonyl (C=O) groups excluding carboxylic acids is 1. The van der Waals surface area contributed by atoms with Crippen molar-refractivity contribution in [3.8, 4) is 17.0 Å². The van der Waals surface area contributed by atoms with E-state index in [9.17, 15) is 13.6 Å². The Labute approximate surface area is 229 Å². The molecular weight excluding hydrogens is 518 g/mol. The van der Waals surface area contributed by atoms with E-state index in [2.05, 4.69) is 37.1 Å². The van der Waals surface area contributed by atoms with Crippen LogP contribution in [0.3, 0.4) is 0 Å². The lowest BCUT2D eigenvalue weighted by Crippen LogP contribution is -2.37. The monoisotopic (exact) mass is 546 g/mol. The average molecular weight is 547 g/mol. The summed E-state index contributed by atoms with van der Waals surface area (Å²) in [6.45, 7) is 8.13. The van der Waals surface area contributed by atoms with Crippen molar-refractivity contribution < 1.29 is 23.0 Å². The number of aromatic nitrogens is 3. The van der Waals surface area contributed by atoms with E-state index in [0.717, 1.165) is 39.3 Å². The van der Waals surface area contributed by atoms with E-state index in [-0.39, 0.29) is 11.3 Å². The Bertz CT molecular complexity index is 1510. The molecule has 0 aliphatic carbocycles. The van der Waals surface area contributed by atoms with E-state index >= 15 is 0 Å². The van der Waals surface area contributed by atoms with Crippen LogP contribution >= 0.6 is 0 Å². The number of hydrogen-bond acceptors (Lipinski definition) is 8. The molecule has 0 radical (unpaired) electrons. The predicted molar refractivity (Wildman–Crippen MR) is 149 cm³/mol. The number of pyridine rings is 1. The summed E-state index contributed by atoms with van der Waals surface area (Å²) < 4.78 is 40.1. The van der Waals surface area contributed by atoms with Gasteiger partial charge in [-0.3, -0.25) is 14.7 Å². The second-order valence-corrected chi connectivity index (χ2v) is 9.09. The number of rotatable bonds is 10. The Morgan fingerprint density at radius 3 is 2.67 bits per heavy atom. The van der Waals surface area contributed by atoms with Crippen LogP contribution in [0.1, 0.15) is 6.42 Å². The Morgan fingerprint density at radius 2 is 1.90 bits per heavy atom. The molecule has 1 fully saturated rings. The van der Waals surface area contributed by atoms with Gasteiger partial charge in [-0.2, -0.15) is 0 Å². The average Bonchev–Trinajstić information content (AvgIpc) is 2.96. The topological polar surface area (TPSA) is 102 Å². The lowest BCUT2D eigenvalue weighted by molar-refractivity contribution is -0.111. The van der Waals surface area contributed by atoms with Gasteiger partial charge in [0.1, 0.15) is 29.5 Å². The quantitative estimate of drug-likeness (QED) is 0.213. The standard InChI is InChI=1S/C29H28F2N6O3/c1-2-27(38)36-24-16-20-23(17-26(24)40-12-4-9-37-10-13-39-14-11-37)33-18-34-29(20)35-19-7-8-32-25(15-19)28-21(30)5-3-6-22(28)31/h2-3,5-8,15-18H,1,4,9-14H2,(H,36,38)(H,32,33,34,35). The maximum absolute atomic E-state index is 14.3. The van der Waals surface area contributed by atoms with Gasteiger partial charge in [-0.1, -0.05) is 12.6 Å². The Hall–Kier alpha value is -4.48. The van der Waals surface area contributed by atoms with Gasteiger partial charge >= 0.3 is 0 Å². The molecule has 40 heavy (non-hydrogen) atoms. The molecule has 1 amide bonds. The summed E-state index contributed by atoms with van der Waals surface area (Å²) in [7, 11) is 0. The second kappa shape index (κ2) is 12.6. The van der Waals surface area contributed by atoms with Crippen LogP contribution in [0.2, 0.25) is 0 Å². The zero-order valence-electron chi connectivity index (χ0n) is 21.7. The van der Waals surface area contributed by atoms with Crippen LogP contribution < -0.4 is 15.4 Å². The van der Waals surface area contributed by atoms with Gasteiger partial charge in [0.2, 0.25) is 5.91 Å². The number of benzene rings is 2. The fourth-order valence-corrected chi connectivity index (χ4v) is 4.40. The van der Waals surface area contributed by atoms with E-state index < -0.39 is 17.5 Å². The summed E-state index contributed by atoms with van der Waals surface area (Å²) in [5.74, 6) is -0.927. The number of ether oxygens (including phenoxy) is 2. The minimum Gasteiger partial charge on any atom is -0.491 e. The second-order valence-electron chi connectivity index (χ2n) is 9.09. The summed E-state index contributed by atoms with van der Waals surface area (Å²) in [6.07, 6.45) is 4.82. The third kappa shape index (κ3) is 6.38. The zero-order chi connectivity index (χ0) is 27.9. The molecule has 206 valence electrons. The summed E-state index contributed by atoms with van der Waals surface area (Å²) in [6, 6.07) is 10.3. The molecule has 0 unspecified atom stereocenters. The lowest BCUT2D eigenvalue weighted by atomic mass is 10.1. The van der Waals surface area contributed by atoms with Gasteiger partial charge in [-0.15, -0.1) is 0 Å². The number of nitrogens with zero attached hydrogens (tertiary/aromatic N) is 4. The first-order valence-corrected chi connectivity index (χ1v) is 12.8. The van der Waals surface area contributed by atoms with Crippen molar-refractivity contribution in [3.63, 3.8) is 0 Å². The molecule has 0 spiro atoms. The third-order valence-electron chi connectivity index (χ3n) is 6.40.